The highest BCUT2D eigenvalue weighted by Gasteiger charge is 2.25. The number of benzene rings is 1. The van der Waals surface area contributed by atoms with Crippen LogP contribution in [0.1, 0.15) is 38.8 Å². The summed E-state index contributed by atoms with van der Waals surface area (Å²) < 4.78 is -0.157. The van der Waals surface area contributed by atoms with Gasteiger partial charge in [0.05, 0.1) is 9.49 Å². The minimum atomic E-state index is -0.0787. The van der Waals surface area contributed by atoms with Crippen molar-refractivity contribution in [3.63, 3.8) is 0 Å². The van der Waals surface area contributed by atoms with Crippen LogP contribution >= 0.6 is 43.3 Å². The highest BCUT2D eigenvalue weighted by atomic mass is 35.7. The smallest absolute Gasteiger partial charge is 0.0503 e. The lowest BCUT2D eigenvalue weighted by Gasteiger charge is -2.25. The third-order valence-electron chi connectivity index (χ3n) is 2.64. The second-order valence-corrected chi connectivity index (χ2v) is 8.03. The van der Waals surface area contributed by atoms with Gasteiger partial charge in [-0.05, 0) is 82.1 Å². The van der Waals surface area contributed by atoms with Crippen LogP contribution < -0.4 is 0 Å². The summed E-state index contributed by atoms with van der Waals surface area (Å²) in [7, 11) is 14.5. The highest BCUT2D eigenvalue weighted by Crippen LogP contribution is 2.42. The Labute approximate surface area is 115 Å². The summed E-state index contributed by atoms with van der Waals surface area (Å²) >= 11 is 0. The zero-order chi connectivity index (χ0) is 12.4. The van der Waals surface area contributed by atoms with Gasteiger partial charge in [-0.3, -0.25) is 0 Å². The predicted molar refractivity (Wildman–Crippen MR) is 79.4 cm³/mol. The van der Waals surface area contributed by atoms with Crippen molar-refractivity contribution in [3.05, 3.63) is 35.4 Å². The fraction of sp³-hybridized carbons (Fsp3) is 0.500. The van der Waals surface area contributed by atoms with Crippen LogP contribution in [0.25, 0.3) is 0 Å². The molecule has 0 aliphatic carbocycles. The highest BCUT2D eigenvalue weighted by molar-refractivity contribution is 8.22. The van der Waals surface area contributed by atoms with Crippen molar-refractivity contribution in [1.82, 2.24) is 0 Å². The van der Waals surface area contributed by atoms with E-state index in [0.717, 1.165) is 0 Å². The molecule has 1 aromatic carbocycles. The molecule has 0 aliphatic heterocycles. The monoisotopic (exact) mass is 294 g/mol. The Balaban J connectivity index is 3.14. The second-order valence-electron chi connectivity index (χ2n) is 4.76. The van der Waals surface area contributed by atoms with Crippen LogP contribution in [0.15, 0.2) is 24.3 Å². The maximum absolute atomic E-state index is 5.91. The third-order valence-corrected chi connectivity index (χ3v) is 6.20. The first-order valence-corrected chi connectivity index (χ1v) is 8.32. The van der Waals surface area contributed by atoms with E-state index < -0.39 is 0 Å². The van der Waals surface area contributed by atoms with Gasteiger partial charge in [-0.2, -0.15) is 0 Å². The second kappa shape index (κ2) is 5.43. The maximum atomic E-state index is 5.91. The molecule has 90 valence electrons. The minimum absolute atomic E-state index is 0.0787. The molecular formula is C12H16Cl2S2. The lowest BCUT2D eigenvalue weighted by molar-refractivity contribution is 0.759. The zero-order valence-corrected chi connectivity index (χ0v) is 13.0. The molecular weight excluding hydrogens is 279 g/mol. The summed E-state index contributed by atoms with van der Waals surface area (Å²) in [4.78, 5) is 0. The van der Waals surface area contributed by atoms with Gasteiger partial charge < -0.3 is 0 Å². The molecule has 0 saturated carbocycles. The van der Waals surface area contributed by atoms with E-state index >= 15 is 0 Å². The molecule has 4 heteroatoms. The van der Waals surface area contributed by atoms with Crippen molar-refractivity contribution < 1.29 is 0 Å². The molecule has 1 aromatic rings. The number of rotatable bonds is 4. The van der Waals surface area contributed by atoms with E-state index in [1.807, 2.05) is 0 Å². The van der Waals surface area contributed by atoms with Crippen LogP contribution in [0.4, 0.5) is 0 Å². The fourth-order valence-corrected chi connectivity index (χ4v) is 2.32. The molecule has 0 fully saturated rings. The van der Waals surface area contributed by atoms with Crippen molar-refractivity contribution in [1.29, 1.82) is 0 Å². The molecule has 0 nitrogen and oxygen atoms in total. The Morgan fingerprint density at radius 3 is 1.56 bits per heavy atom. The Morgan fingerprint density at radius 2 is 1.25 bits per heavy atom. The number of hydrogen-bond acceptors (Lipinski definition) is 2. The van der Waals surface area contributed by atoms with E-state index in [-0.39, 0.29) is 9.49 Å². The van der Waals surface area contributed by atoms with E-state index in [2.05, 4.69) is 52.0 Å². The lowest BCUT2D eigenvalue weighted by Crippen LogP contribution is -2.14. The first kappa shape index (κ1) is 14.6. The molecule has 0 heterocycles. The molecule has 0 radical (unpaired) electrons. The lowest BCUT2D eigenvalue weighted by atomic mass is 9.95. The largest absolute Gasteiger partial charge is 0.0616 e. The molecule has 16 heavy (non-hydrogen) atoms. The molecule has 0 amide bonds. The van der Waals surface area contributed by atoms with Crippen LogP contribution in [0.3, 0.4) is 0 Å². The summed E-state index contributed by atoms with van der Waals surface area (Å²) in [5.41, 5.74) is 2.45. The zero-order valence-electron chi connectivity index (χ0n) is 9.88. The van der Waals surface area contributed by atoms with Crippen molar-refractivity contribution in [3.8, 4) is 0 Å². The average molecular weight is 295 g/mol. The number of halogens is 2. The average Bonchev–Trinajstić information content (AvgIpc) is 2.29. The summed E-state index contributed by atoms with van der Waals surface area (Å²) in [5, 5.41) is 0. The molecule has 1 rings (SSSR count). The molecule has 0 N–H and O–H groups in total. The molecule has 0 atom stereocenters. The molecule has 0 unspecified atom stereocenters. The van der Waals surface area contributed by atoms with Crippen molar-refractivity contribution in [2.24, 2.45) is 0 Å². The number of hydrogen-bond donors (Lipinski definition) is 0. The van der Waals surface area contributed by atoms with Gasteiger partial charge in [-0.15, -0.1) is 0 Å². The summed E-state index contributed by atoms with van der Waals surface area (Å²) in [6, 6.07) is 8.46. The molecule has 0 aliphatic rings. The van der Waals surface area contributed by atoms with Gasteiger partial charge >= 0.3 is 0 Å². The summed E-state index contributed by atoms with van der Waals surface area (Å²) in [5.74, 6) is 0. The van der Waals surface area contributed by atoms with Gasteiger partial charge in [-0.25, -0.2) is 0 Å². The first-order valence-electron chi connectivity index (χ1n) is 5.04. The summed E-state index contributed by atoms with van der Waals surface area (Å²) in [6.45, 7) is 8.46. The summed E-state index contributed by atoms with van der Waals surface area (Å²) in [6.07, 6.45) is 0. The Kier molecular flexibility index (Phi) is 4.94. The maximum Gasteiger partial charge on any atom is 0.0503 e. The fourth-order valence-electron chi connectivity index (χ4n) is 1.36. The van der Waals surface area contributed by atoms with E-state index in [1.165, 1.54) is 33.1 Å². The van der Waals surface area contributed by atoms with Gasteiger partial charge in [0.1, 0.15) is 0 Å². The van der Waals surface area contributed by atoms with Gasteiger partial charge in [-0.1, -0.05) is 24.3 Å². The van der Waals surface area contributed by atoms with Crippen molar-refractivity contribution in [2.75, 3.05) is 0 Å². The quantitative estimate of drug-likeness (QED) is 0.675. The Hall–Kier alpha value is 0.500. The van der Waals surface area contributed by atoms with Gasteiger partial charge in [0.15, 0.2) is 0 Å². The normalized spacial score (nSPS) is 12.9. The molecule has 0 aromatic heterocycles. The van der Waals surface area contributed by atoms with Gasteiger partial charge in [0.25, 0.3) is 0 Å². The third kappa shape index (κ3) is 3.25. The topological polar surface area (TPSA) is 0 Å². The molecule has 0 bridgehead atoms. The standard InChI is InChI=1S/C12H16Cl2S2/c1-11(2,15-13)9-6-5-7-10(8-9)12(3,4)16-14/h5-8H,1-4H3. The van der Waals surface area contributed by atoms with Crippen LogP contribution in [-0.4, -0.2) is 0 Å². The van der Waals surface area contributed by atoms with E-state index in [4.69, 9.17) is 21.4 Å². The SMILES string of the molecule is CC(C)(SCl)c1cccc(C(C)(C)SCl)c1. The first-order chi connectivity index (χ1) is 7.33. The van der Waals surface area contributed by atoms with Gasteiger partial charge in [0, 0.05) is 0 Å². The Morgan fingerprint density at radius 1 is 0.875 bits per heavy atom. The molecule has 0 spiro atoms. The predicted octanol–water partition coefficient (Wildman–Crippen LogP) is 5.93. The van der Waals surface area contributed by atoms with E-state index in [1.54, 1.807) is 0 Å². The van der Waals surface area contributed by atoms with Crippen LogP contribution in [0.5, 0.6) is 0 Å². The van der Waals surface area contributed by atoms with Crippen LogP contribution in [0.2, 0.25) is 0 Å². The van der Waals surface area contributed by atoms with Crippen LogP contribution in [0, 0.1) is 0 Å². The minimum Gasteiger partial charge on any atom is -0.0616 e. The van der Waals surface area contributed by atoms with Crippen molar-refractivity contribution >= 4 is 43.3 Å². The van der Waals surface area contributed by atoms with Gasteiger partial charge in [0.2, 0.25) is 0 Å². The van der Waals surface area contributed by atoms with E-state index in [9.17, 15) is 0 Å². The van der Waals surface area contributed by atoms with Crippen molar-refractivity contribution in [2.45, 2.75) is 37.2 Å². The Bertz CT molecular complexity index is 331. The van der Waals surface area contributed by atoms with Crippen LogP contribution in [-0.2, 0) is 9.49 Å². The van der Waals surface area contributed by atoms with E-state index in [0.29, 0.717) is 0 Å². The molecule has 0 saturated heterocycles.